The van der Waals surface area contributed by atoms with Crippen molar-refractivity contribution in [3.8, 4) is 0 Å². The smallest absolute Gasteiger partial charge is 0.0772 e. The Morgan fingerprint density at radius 3 is 2.87 bits per heavy atom. The zero-order valence-electron chi connectivity index (χ0n) is 8.76. The Kier molecular flexibility index (Phi) is 3.18. The molecular formula is C11H17N3O. The average molecular weight is 207 g/mol. The van der Waals surface area contributed by atoms with Crippen LogP contribution in [0.4, 0.5) is 5.69 Å². The van der Waals surface area contributed by atoms with Crippen LogP contribution in [0, 0.1) is 0 Å². The van der Waals surface area contributed by atoms with Crippen LogP contribution in [0.5, 0.6) is 0 Å². The molecule has 1 aromatic heterocycles. The van der Waals surface area contributed by atoms with Gasteiger partial charge >= 0.3 is 0 Å². The zero-order chi connectivity index (χ0) is 10.7. The molecule has 0 bridgehead atoms. The number of aliphatic hydroxyl groups excluding tert-OH is 1. The summed E-state index contributed by atoms with van der Waals surface area (Å²) in [6.45, 7) is 2.24. The normalized spacial score (nSPS) is 18.1. The first-order valence-corrected chi connectivity index (χ1v) is 5.38. The molecule has 0 aromatic carbocycles. The molecule has 82 valence electrons. The zero-order valence-corrected chi connectivity index (χ0v) is 8.76. The predicted molar refractivity (Wildman–Crippen MR) is 59.6 cm³/mol. The number of piperidine rings is 1. The van der Waals surface area contributed by atoms with Crippen LogP contribution in [0.2, 0.25) is 0 Å². The summed E-state index contributed by atoms with van der Waals surface area (Å²) in [4.78, 5) is 6.51. The monoisotopic (exact) mass is 207 g/mol. The van der Waals surface area contributed by atoms with Crippen LogP contribution in [0.1, 0.15) is 18.5 Å². The highest BCUT2D eigenvalue weighted by Crippen LogP contribution is 2.22. The van der Waals surface area contributed by atoms with Gasteiger partial charge in [0.25, 0.3) is 0 Å². The Balaban J connectivity index is 2.15. The van der Waals surface area contributed by atoms with E-state index >= 15 is 0 Å². The van der Waals surface area contributed by atoms with Crippen molar-refractivity contribution in [3.05, 3.63) is 24.0 Å². The third kappa shape index (κ3) is 2.27. The minimum Gasteiger partial charge on any atom is -0.393 e. The second-order valence-electron chi connectivity index (χ2n) is 3.89. The molecule has 4 heteroatoms. The van der Waals surface area contributed by atoms with Gasteiger partial charge in [-0.1, -0.05) is 0 Å². The molecule has 0 atom stereocenters. The SMILES string of the molecule is NCc1ncccc1N1CCC(O)CC1. The van der Waals surface area contributed by atoms with E-state index in [-0.39, 0.29) is 6.10 Å². The van der Waals surface area contributed by atoms with Crippen LogP contribution < -0.4 is 10.6 Å². The second kappa shape index (κ2) is 4.59. The summed E-state index contributed by atoms with van der Waals surface area (Å²) in [7, 11) is 0. The minimum atomic E-state index is -0.140. The van der Waals surface area contributed by atoms with Crippen molar-refractivity contribution < 1.29 is 5.11 Å². The number of nitrogens with two attached hydrogens (primary N) is 1. The van der Waals surface area contributed by atoms with Gasteiger partial charge in [-0.25, -0.2) is 0 Å². The molecule has 0 amide bonds. The van der Waals surface area contributed by atoms with Gasteiger partial charge in [-0.15, -0.1) is 0 Å². The van der Waals surface area contributed by atoms with E-state index in [0.717, 1.165) is 37.3 Å². The number of hydrogen-bond acceptors (Lipinski definition) is 4. The summed E-state index contributed by atoms with van der Waals surface area (Å²) in [6, 6.07) is 3.98. The average Bonchev–Trinajstić information content (AvgIpc) is 2.30. The summed E-state index contributed by atoms with van der Waals surface area (Å²) in [5.74, 6) is 0. The lowest BCUT2D eigenvalue weighted by molar-refractivity contribution is 0.145. The van der Waals surface area contributed by atoms with Crippen LogP contribution in [0.25, 0.3) is 0 Å². The van der Waals surface area contributed by atoms with E-state index in [0.29, 0.717) is 6.54 Å². The van der Waals surface area contributed by atoms with Crippen LogP contribution in [-0.2, 0) is 6.54 Å². The fraction of sp³-hybridized carbons (Fsp3) is 0.545. The quantitative estimate of drug-likeness (QED) is 0.741. The van der Waals surface area contributed by atoms with Crippen LogP contribution >= 0.6 is 0 Å². The lowest BCUT2D eigenvalue weighted by Gasteiger charge is -2.32. The predicted octanol–water partition coefficient (Wildman–Crippen LogP) is 0.501. The largest absolute Gasteiger partial charge is 0.393 e. The number of rotatable bonds is 2. The number of aliphatic hydroxyl groups is 1. The molecule has 2 rings (SSSR count). The summed E-state index contributed by atoms with van der Waals surface area (Å²) in [6.07, 6.45) is 3.29. The summed E-state index contributed by atoms with van der Waals surface area (Å²) < 4.78 is 0. The standard InChI is InChI=1S/C11H17N3O/c12-8-10-11(2-1-5-13-10)14-6-3-9(15)4-7-14/h1-2,5,9,15H,3-4,6-8,12H2. The highest BCUT2D eigenvalue weighted by Gasteiger charge is 2.18. The highest BCUT2D eigenvalue weighted by molar-refractivity contribution is 5.50. The molecule has 4 nitrogen and oxygen atoms in total. The van der Waals surface area contributed by atoms with Crippen molar-refractivity contribution in [2.75, 3.05) is 18.0 Å². The maximum atomic E-state index is 9.43. The fourth-order valence-corrected chi connectivity index (χ4v) is 1.98. The van der Waals surface area contributed by atoms with E-state index in [1.54, 1.807) is 6.20 Å². The van der Waals surface area contributed by atoms with Gasteiger partial charge < -0.3 is 15.7 Å². The maximum Gasteiger partial charge on any atom is 0.0772 e. The Morgan fingerprint density at radius 2 is 2.20 bits per heavy atom. The van der Waals surface area contributed by atoms with Gasteiger partial charge in [0, 0.05) is 25.8 Å². The van der Waals surface area contributed by atoms with Gasteiger partial charge in [-0.05, 0) is 25.0 Å². The number of hydrogen-bond donors (Lipinski definition) is 2. The molecule has 2 heterocycles. The van der Waals surface area contributed by atoms with E-state index in [9.17, 15) is 5.11 Å². The molecule has 1 saturated heterocycles. The van der Waals surface area contributed by atoms with Gasteiger partial charge in [0.2, 0.25) is 0 Å². The third-order valence-electron chi connectivity index (χ3n) is 2.86. The summed E-state index contributed by atoms with van der Waals surface area (Å²) in [5, 5.41) is 9.43. The van der Waals surface area contributed by atoms with Crippen molar-refractivity contribution in [2.45, 2.75) is 25.5 Å². The van der Waals surface area contributed by atoms with Gasteiger partial charge in [-0.2, -0.15) is 0 Å². The Morgan fingerprint density at radius 1 is 1.47 bits per heavy atom. The molecule has 1 aliphatic rings. The molecule has 0 saturated carbocycles. The van der Waals surface area contributed by atoms with Crippen molar-refractivity contribution in [1.29, 1.82) is 0 Å². The van der Waals surface area contributed by atoms with E-state index < -0.39 is 0 Å². The van der Waals surface area contributed by atoms with Crippen LogP contribution in [0.3, 0.4) is 0 Å². The first-order chi connectivity index (χ1) is 7.31. The van der Waals surface area contributed by atoms with Gasteiger partial charge in [0.05, 0.1) is 17.5 Å². The molecular weight excluding hydrogens is 190 g/mol. The molecule has 1 aromatic rings. The Hall–Kier alpha value is -1.13. The number of nitrogens with zero attached hydrogens (tertiary/aromatic N) is 2. The molecule has 3 N–H and O–H groups in total. The molecule has 0 unspecified atom stereocenters. The van der Waals surface area contributed by atoms with Crippen LogP contribution in [-0.4, -0.2) is 29.3 Å². The molecule has 15 heavy (non-hydrogen) atoms. The first-order valence-electron chi connectivity index (χ1n) is 5.38. The number of anilines is 1. The van der Waals surface area contributed by atoms with Crippen molar-refractivity contribution in [3.63, 3.8) is 0 Å². The minimum absolute atomic E-state index is 0.140. The lowest BCUT2D eigenvalue weighted by Crippen LogP contribution is -2.36. The van der Waals surface area contributed by atoms with E-state index in [2.05, 4.69) is 9.88 Å². The van der Waals surface area contributed by atoms with Crippen LogP contribution in [0.15, 0.2) is 18.3 Å². The van der Waals surface area contributed by atoms with Gasteiger partial charge in [0.15, 0.2) is 0 Å². The topological polar surface area (TPSA) is 62.4 Å². The van der Waals surface area contributed by atoms with E-state index in [1.165, 1.54) is 0 Å². The molecule has 0 spiro atoms. The van der Waals surface area contributed by atoms with Gasteiger partial charge in [-0.3, -0.25) is 4.98 Å². The Bertz CT molecular complexity index is 321. The fourth-order valence-electron chi connectivity index (χ4n) is 1.98. The van der Waals surface area contributed by atoms with Crippen molar-refractivity contribution in [2.24, 2.45) is 5.73 Å². The summed E-state index contributed by atoms with van der Waals surface area (Å²) >= 11 is 0. The molecule has 0 aliphatic carbocycles. The van der Waals surface area contributed by atoms with E-state index in [1.807, 2.05) is 12.1 Å². The highest BCUT2D eigenvalue weighted by atomic mass is 16.3. The van der Waals surface area contributed by atoms with Crippen molar-refractivity contribution in [1.82, 2.24) is 4.98 Å². The number of aromatic nitrogens is 1. The molecule has 1 fully saturated rings. The Labute approximate surface area is 89.7 Å². The molecule has 0 radical (unpaired) electrons. The molecule has 1 aliphatic heterocycles. The second-order valence-corrected chi connectivity index (χ2v) is 3.89. The van der Waals surface area contributed by atoms with E-state index in [4.69, 9.17) is 5.73 Å². The first kappa shape index (κ1) is 10.4. The maximum absolute atomic E-state index is 9.43. The summed E-state index contributed by atoms with van der Waals surface area (Å²) in [5.41, 5.74) is 7.70. The van der Waals surface area contributed by atoms with Crippen molar-refractivity contribution >= 4 is 5.69 Å². The lowest BCUT2D eigenvalue weighted by atomic mass is 10.1. The van der Waals surface area contributed by atoms with Gasteiger partial charge in [0.1, 0.15) is 0 Å². The third-order valence-corrected chi connectivity index (χ3v) is 2.86. The number of pyridine rings is 1.